The van der Waals surface area contributed by atoms with E-state index < -0.39 is 17.6 Å². The van der Waals surface area contributed by atoms with Crippen LogP contribution in [0, 0.1) is 0 Å². The zero-order valence-corrected chi connectivity index (χ0v) is 16.5. The largest absolute Gasteiger partial charge is 0.493 e. The monoisotopic (exact) mass is 423 g/mol. The molecule has 9 heteroatoms. The van der Waals surface area contributed by atoms with Gasteiger partial charge in [-0.25, -0.2) is 4.79 Å². The van der Waals surface area contributed by atoms with Crippen LogP contribution >= 0.6 is 11.8 Å². The van der Waals surface area contributed by atoms with Gasteiger partial charge in [-0.1, -0.05) is 17.8 Å². The second-order valence-electron chi connectivity index (χ2n) is 5.51. The van der Waals surface area contributed by atoms with Gasteiger partial charge in [0.05, 0.1) is 14.2 Å². The molecule has 0 heterocycles. The molecule has 0 unspecified atom stereocenters. The van der Waals surface area contributed by atoms with Crippen molar-refractivity contribution in [2.45, 2.75) is 10.7 Å². The Hall–Kier alpha value is -3.07. The second-order valence-corrected chi connectivity index (χ2v) is 6.57. The molecule has 0 fully saturated rings. The average molecular weight is 423 g/mol. The van der Waals surface area contributed by atoms with Crippen LogP contribution in [0.4, 0.5) is 14.5 Å². The molecule has 1 N–H and O–H groups in total. The maximum absolute atomic E-state index is 12.3. The molecule has 2 rings (SSSR count). The number of methoxy groups -OCH3 is 2. The Balaban J connectivity index is 1.93. The van der Waals surface area contributed by atoms with Crippen molar-refractivity contribution >= 4 is 35.4 Å². The minimum Gasteiger partial charge on any atom is -0.493 e. The quantitative estimate of drug-likeness (QED) is 0.370. The third kappa shape index (κ3) is 7.46. The Bertz CT molecular complexity index is 872. The number of ether oxygens (including phenoxy) is 3. The predicted molar refractivity (Wildman–Crippen MR) is 106 cm³/mol. The van der Waals surface area contributed by atoms with Crippen molar-refractivity contribution in [2.75, 3.05) is 26.1 Å². The molecule has 6 nitrogen and oxygen atoms in total. The minimum atomic E-state index is -2.50. The van der Waals surface area contributed by atoms with Gasteiger partial charge < -0.3 is 19.5 Å². The lowest BCUT2D eigenvalue weighted by atomic mass is 10.2. The maximum atomic E-state index is 12.3. The van der Waals surface area contributed by atoms with Crippen molar-refractivity contribution in [3.63, 3.8) is 0 Å². The van der Waals surface area contributed by atoms with Gasteiger partial charge in [-0.15, -0.1) is 0 Å². The summed E-state index contributed by atoms with van der Waals surface area (Å²) in [6.07, 6.45) is 2.83. The van der Waals surface area contributed by atoms with Crippen LogP contribution in [0.15, 0.2) is 53.4 Å². The van der Waals surface area contributed by atoms with E-state index in [9.17, 15) is 18.4 Å². The summed E-state index contributed by atoms with van der Waals surface area (Å²) in [5.74, 6) is -2.67. The molecule has 0 aliphatic carbocycles. The fraction of sp³-hybridized carbons (Fsp3) is 0.200. The van der Waals surface area contributed by atoms with Crippen molar-refractivity contribution in [1.82, 2.24) is 0 Å². The van der Waals surface area contributed by atoms with Crippen LogP contribution in [0.1, 0.15) is 5.56 Å². The molecule has 1 amide bonds. The van der Waals surface area contributed by atoms with Crippen molar-refractivity contribution in [2.24, 2.45) is 0 Å². The molecule has 0 aromatic heterocycles. The first-order valence-corrected chi connectivity index (χ1v) is 9.21. The van der Waals surface area contributed by atoms with Crippen LogP contribution in [0.25, 0.3) is 6.08 Å². The molecule has 0 aliphatic rings. The van der Waals surface area contributed by atoms with E-state index in [-0.39, 0.29) is 6.61 Å². The molecule has 0 spiro atoms. The third-order valence-corrected chi connectivity index (χ3v) is 4.25. The van der Waals surface area contributed by atoms with E-state index in [1.807, 2.05) is 0 Å². The maximum Gasteiger partial charge on any atom is 0.330 e. The smallest absolute Gasteiger partial charge is 0.330 e. The van der Waals surface area contributed by atoms with E-state index in [0.29, 0.717) is 39.4 Å². The van der Waals surface area contributed by atoms with Crippen LogP contribution in [-0.4, -0.2) is 38.5 Å². The minimum absolute atomic E-state index is 0.277. The topological polar surface area (TPSA) is 73.9 Å². The Morgan fingerprint density at radius 1 is 1.10 bits per heavy atom. The van der Waals surface area contributed by atoms with Gasteiger partial charge in [-0.3, -0.25) is 4.79 Å². The molecule has 0 bridgehead atoms. The fourth-order valence-corrected chi connectivity index (χ4v) is 2.70. The molecule has 29 heavy (non-hydrogen) atoms. The standard InChI is InChI=1S/C20H19F2NO5S/c1-26-17-11-13(4-10-19(25)27-2)3-9-16(17)28-12-18(24)23-14-5-7-15(8-6-14)29-20(21)22/h3-11,20H,12H2,1-2H3,(H,23,24)/b10-4+. The SMILES string of the molecule is COC(=O)/C=C/c1ccc(OCC(=O)Nc2ccc(SC(F)F)cc2)c(OC)c1. The number of hydrogen-bond acceptors (Lipinski definition) is 6. The number of carbonyl (C=O) groups is 2. The van der Waals surface area contributed by atoms with Crippen molar-refractivity contribution in [1.29, 1.82) is 0 Å². The van der Waals surface area contributed by atoms with E-state index in [1.165, 1.54) is 44.6 Å². The predicted octanol–water partition coefficient (Wildman–Crippen LogP) is 4.21. The number of hydrogen-bond donors (Lipinski definition) is 1. The number of benzene rings is 2. The summed E-state index contributed by atoms with van der Waals surface area (Å²) in [6, 6.07) is 11.0. The van der Waals surface area contributed by atoms with Crippen LogP contribution in [-0.2, 0) is 14.3 Å². The first kappa shape index (κ1) is 22.2. The number of carbonyl (C=O) groups excluding carboxylic acids is 2. The molecular weight excluding hydrogens is 404 g/mol. The van der Waals surface area contributed by atoms with E-state index in [4.69, 9.17) is 9.47 Å². The summed E-state index contributed by atoms with van der Waals surface area (Å²) in [4.78, 5) is 23.6. The van der Waals surface area contributed by atoms with Gasteiger partial charge in [0.15, 0.2) is 18.1 Å². The van der Waals surface area contributed by atoms with Crippen molar-refractivity contribution in [3.8, 4) is 11.5 Å². The first-order valence-electron chi connectivity index (χ1n) is 8.33. The van der Waals surface area contributed by atoms with Gasteiger partial charge in [0.1, 0.15) is 0 Å². The Morgan fingerprint density at radius 2 is 1.83 bits per heavy atom. The van der Waals surface area contributed by atoms with Gasteiger partial charge in [-0.2, -0.15) is 8.78 Å². The molecule has 2 aromatic carbocycles. The van der Waals surface area contributed by atoms with Gasteiger partial charge in [0.2, 0.25) is 0 Å². The Labute approximate surface area is 170 Å². The zero-order valence-electron chi connectivity index (χ0n) is 15.7. The molecule has 0 saturated heterocycles. The lowest BCUT2D eigenvalue weighted by Gasteiger charge is -2.12. The molecule has 0 radical (unpaired) electrons. The van der Waals surface area contributed by atoms with Crippen LogP contribution in [0.2, 0.25) is 0 Å². The van der Waals surface area contributed by atoms with Gasteiger partial charge in [-0.05, 0) is 48.0 Å². The number of amides is 1. The summed E-state index contributed by atoms with van der Waals surface area (Å²) in [6.45, 7) is -0.277. The number of alkyl halides is 2. The highest BCUT2D eigenvalue weighted by molar-refractivity contribution is 7.99. The normalized spacial score (nSPS) is 10.8. The molecule has 0 atom stereocenters. The third-order valence-electron chi connectivity index (χ3n) is 3.52. The second kappa shape index (κ2) is 11.1. The molecule has 2 aromatic rings. The highest BCUT2D eigenvalue weighted by atomic mass is 32.2. The van der Waals surface area contributed by atoms with Gasteiger partial charge >= 0.3 is 5.97 Å². The Morgan fingerprint density at radius 3 is 2.45 bits per heavy atom. The van der Waals surface area contributed by atoms with Crippen LogP contribution in [0.3, 0.4) is 0 Å². The fourth-order valence-electron chi connectivity index (χ4n) is 2.20. The number of thioether (sulfide) groups is 1. The summed E-state index contributed by atoms with van der Waals surface area (Å²) in [7, 11) is 2.74. The average Bonchev–Trinajstić information content (AvgIpc) is 2.71. The van der Waals surface area contributed by atoms with Crippen LogP contribution in [0.5, 0.6) is 11.5 Å². The van der Waals surface area contributed by atoms with Crippen molar-refractivity contribution < 1.29 is 32.6 Å². The zero-order chi connectivity index (χ0) is 21.2. The van der Waals surface area contributed by atoms with E-state index in [2.05, 4.69) is 10.1 Å². The molecule has 0 aliphatic heterocycles. The lowest BCUT2D eigenvalue weighted by Crippen LogP contribution is -2.20. The molecule has 154 valence electrons. The number of nitrogens with one attached hydrogen (secondary N) is 1. The number of esters is 1. The van der Waals surface area contributed by atoms with E-state index >= 15 is 0 Å². The number of rotatable bonds is 9. The number of halogens is 2. The summed E-state index contributed by atoms with van der Waals surface area (Å²) < 4.78 is 39.9. The van der Waals surface area contributed by atoms with E-state index in [0.717, 1.165) is 0 Å². The van der Waals surface area contributed by atoms with E-state index in [1.54, 1.807) is 24.3 Å². The highest BCUT2D eigenvalue weighted by Gasteiger charge is 2.10. The highest BCUT2D eigenvalue weighted by Crippen LogP contribution is 2.29. The number of anilines is 1. The van der Waals surface area contributed by atoms with Gasteiger partial charge in [0.25, 0.3) is 11.7 Å². The first-order chi connectivity index (χ1) is 13.9. The lowest BCUT2D eigenvalue weighted by molar-refractivity contribution is -0.134. The summed E-state index contributed by atoms with van der Waals surface area (Å²) >= 11 is 0.430. The summed E-state index contributed by atoms with van der Waals surface area (Å²) in [5, 5.41) is 2.62. The molecule has 0 saturated carbocycles. The van der Waals surface area contributed by atoms with Crippen LogP contribution < -0.4 is 14.8 Å². The van der Waals surface area contributed by atoms with Crippen molar-refractivity contribution in [3.05, 3.63) is 54.1 Å². The van der Waals surface area contributed by atoms with Gasteiger partial charge in [0, 0.05) is 16.7 Å². The summed E-state index contributed by atoms with van der Waals surface area (Å²) in [5.41, 5.74) is 1.15. The molecular formula is C20H19F2NO5S. The Kier molecular flexibility index (Phi) is 8.47.